The number of thiocarbonyl (C=S) groups is 1. The maximum Gasteiger partial charge on any atom is 0.161 e. The number of hydrogen-bond acceptors (Lipinski definition) is 3. The lowest BCUT2D eigenvalue weighted by Gasteiger charge is -2.11. The maximum absolute atomic E-state index is 5.68. The molecule has 0 fully saturated rings. The van der Waals surface area contributed by atoms with Gasteiger partial charge in [-0.2, -0.15) is 0 Å². The van der Waals surface area contributed by atoms with E-state index in [2.05, 4.69) is 0 Å². The van der Waals surface area contributed by atoms with E-state index < -0.39 is 0 Å². The summed E-state index contributed by atoms with van der Waals surface area (Å²) < 4.78 is 12.5. The standard InChI is InChI=1S/C14H16N2O2S/c1-17-12-6-5-10(8-13(12)18-2)9-16-7-3-4-11(16)14(15)19/h3-8H,9H2,1-2H3,(H2,15,19). The molecule has 1 aromatic carbocycles. The van der Waals surface area contributed by atoms with Gasteiger partial charge in [0.05, 0.1) is 19.9 Å². The third-order valence-electron chi connectivity index (χ3n) is 2.88. The van der Waals surface area contributed by atoms with Gasteiger partial charge in [-0.3, -0.25) is 0 Å². The van der Waals surface area contributed by atoms with E-state index in [9.17, 15) is 0 Å². The van der Waals surface area contributed by atoms with Gasteiger partial charge in [0.1, 0.15) is 4.99 Å². The molecule has 1 heterocycles. The first-order chi connectivity index (χ1) is 9.15. The minimum Gasteiger partial charge on any atom is -0.493 e. The zero-order valence-electron chi connectivity index (χ0n) is 10.9. The second-order valence-corrected chi connectivity index (χ2v) is 4.51. The summed E-state index contributed by atoms with van der Waals surface area (Å²) >= 11 is 5.02. The quantitative estimate of drug-likeness (QED) is 0.850. The van der Waals surface area contributed by atoms with E-state index >= 15 is 0 Å². The lowest BCUT2D eigenvalue weighted by Crippen LogP contribution is -2.15. The summed E-state index contributed by atoms with van der Waals surface area (Å²) in [6, 6.07) is 9.66. The van der Waals surface area contributed by atoms with Crippen LogP contribution in [-0.2, 0) is 6.54 Å². The molecule has 2 rings (SSSR count). The molecular weight excluding hydrogens is 260 g/mol. The van der Waals surface area contributed by atoms with Gasteiger partial charge in [-0.05, 0) is 29.8 Å². The van der Waals surface area contributed by atoms with Crippen LogP contribution >= 0.6 is 12.2 Å². The van der Waals surface area contributed by atoms with Crippen LogP contribution in [0.4, 0.5) is 0 Å². The van der Waals surface area contributed by atoms with E-state index in [1.54, 1.807) is 14.2 Å². The highest BCUT2D eigenvalue weighted by Gasteiger charge is 2.07. The van der Waals surface area contributed by atoms with Crippen LogP contribution in [0.25, 0.3) is 0 Å². The number of hydrogen-bond donors (Lipinski definition) is 1. The summed E-state index contributed by atoms with van der Waals surface area (Å²) in [6.07, 6.45) is 1.95. The molecule has 0 atom stereocenters. The fourth-order valence-electron chi connectivity index (χ4n) is 1.95. The Kier molecular flexibility index (Phi) is 4.06. The SMILES string of the molecule is COc1ccc(Cn2cccc2C(N)=S)cc1OC. The zero-order valence-corrected chi connectivity index (χ0v) is 11.7. The van der Waals surface area contributed by atoms with Crippen molar-refractivity contribution in [1.29, 1.82) is 0 Å². The molecule has 0 amide bonds. The first-order valence-corrected chi connectivity index (χ1v) is 6.22. The Morgan fingerprint density at radius 2 is 1.95 bits per heavy atom. The lowest BCUT2D eigenvalue weighted by atomic mass is 10.2. The van der Waals surface area contributed by atoms with Crippen LogP contribution in [0.1, 0.15) is 11.3 Å². The van der Waals surface area contributed by atoms with Crippen molar-refractivity contribution in [3.63, 3.8) is 0 Å². The Morgan fingerprint density at radius 3 is 2.58 bits per heavy atom. The number of ether oxygens (including phenoxy) is 2. The molecule has 0 aliphatic rings. The lowest BCUT2D eigenvalue weighted by molar-refractivity contribution is 0.354. The number of rotatable bonds is 5. The summed E-state index contributed by atoms with van der Waals surface area (Å²) in [4.78, 5) is 0.394. The van der Waals surface area contributed by atoms with Crippen LogP contribution in [0.2, 0.25) is 0 Å². The number of aromatic nitrogens is 1. The first-order valence-electron chi connectivity index (χ1n) is 5.81. The monoisotopic (exact) mass is 276 g/mol. The molecule has 2 aromatic rings. The minimum atomic E-state index is 0.394. The molecular formula is C14H16N2O2S. The van der Waals surface area contributed by atoms with E-state index in [4.69, 9.17) is 27.4 Å². The van der Waals surface area contributed by atoms with Crippen molar-refractivity contribution in [2.24, 2.45) is 5.73 Å². The van der Waals surface area contributed by atoms with E-state index in [0.717, 1.165) is 11.3 Å². The van der Waals surface area contributed by atoms with Gasteiger partial charge in [-0.25, -0.2) is 0 Å². The smallest absolute Gasteiger partial charge is 0.161 e. The van der Waals surface area contributed by atoms with Gasteiger partial charge < -0.3 is 19.8 Å². The third-order valence-corrected chi connectivity index (χ3v) is 3.09. The van der Waals surface area contributed by atoms with Crippen LogP contribution in [0, 0.1) is 0 Å². The topological polar surface area (TPSA) is 49.4 Å². The molecule has 0 bridgehead atoms. The molecule has 5 heteroatoms. The predicted octanol–water partition coefficient (Wildman–Crippen LogP) is 2.19. The Labute approximate surface area is 117 Å². The summed E-state index contributed by atoms with van der Waals surface area (Å²) in [6.45, 7) is 0.681. The second-order valence-electron chi connectivity index (χ2n) is 4.07. The van der Waals surface area contributed by atoms with Gasteiger partial charge in [-0.1, -0.05) is 18.3 Å². The highest BCUT2D eigenvalue weighted by atomic mass is 32.1. The van der Waals surface area contributed by atoms with Crippen molar-refractivity contribution in [2.75, 3.05) is 14.2 Å². The average Bonchev–Trinajstić information content (AvgIpc) is 2.87. The molecule has 0 unspecified atom stereocenters. The Balaban J connectivity index is 2.28. The third kappa shape index (κ3) is 2.88. The van der Waals surface area contributed by atoms with Crippen molar-refractivity contribution in [1.82, 2.24) is 4.57 Å². The molecule has 2 N–H and O–H groups in total. The highest BCUT2D eigenvalue weighted by molar-refractivity contribution is 7.80. The molecule has 100 valence electrons. The minimum absolute atomic E-state index is 0.394. The molecule has 0 saturated heterocycles. The van der Waals surface area contributed by atoms with Crippen LogP contribution in [0.15, 0.2) is 36.5 Å². The van der Waals surface area contributed by atoms with Gasteiger partial charge in [0.15, 0.2) is 11.5 Å². The molecule has 4 nitrogen and oxygen atoms in total. The van der Waals surface area contributed by atoms with Crippen molar-refractivity contribution >= 4 is 17.2 Å². The molecule has 1 aromatic heterocycles. The van der Waals surface area contributed by atoms with Gasteiger partial charge in [-0.15, -0.1) is 0 Å². The average molecular weight is 276 g/mol. The normalized spacial score (nSPS) is 10.2. The molecule has 0 radical (unpaired) electrons. The molecule has 19 heavy (non-hydrogen) atoms. The fourth-order valence-corrected chi connectivity index (χ4v) is 2.14. The zero-order chi connectivity index (χ0) is 13.8. The van der Waals surface area contributed by atoms with E-state index in [-0.39, 0.29) is 0 Å². The Bertz CT molecular complexity index is 593. The summed E-state index contributed by atoms with van der Waals surface area (Å²) in [7, 11) is 3.24. The van der Waals surface area contributed by atoms with E-state index in [1.165, 1.54) is 0 Å². The van der Waals surface area contributed by atoms with E-state index in [1.807, 2.05) is 41.1 Å². The second kappa shape index (κ2) is 5.75. The number of benzene rings is 1. The maximum atomic E-state index is 5.68. The Morgan fingerprint density at radius 1 is 1.21 bits per heavy atom. The van der Waals surface area contributed by atoms with Crippen LogP contribution in [-0.4, -0.2) is 23.8 Å². The van der Waals surface area contributed by atoms with Crippen LogP contribution in [0.5, 0.6) is 11.5 Å². The number of nitrogens with zero attached hydrogens (tertiary/aromatic N) is 1. The Hall–Kier alpha value is -2.01. The van der Waals surface area contributed by atoms with Gasteiger partial charge >= 0.3 is 0 Å². The summed E-state index contributed by atoms with van der Waals surface area (Å²) in [5.74, 6) is 1.43. The largest absolute Gasteiger partial charge is 0.493 e. The summed E-state index contributed by atoms with van der Waals surface area (Å²) in [5, 5.41) is 0. The van der Waals surface area contributed by atoms with E-state index in [0.29, 0.717) is 23.0 Å². The summed E-state index contributed by atoms with van der Waals surface area (Å²) in [5.41, 5.74) is 7.62. The molecule has 0 aliphatic carbocycles. The fraction of sp³-hybridized carbons (Fsp3) is 0.214. The van der Waals surface area contributed by atoms with Gasteiger partial charge in [0.25, 0.3) is 0 Å². The first kappa shape index (κ1) is 13.4. The number of nitrogens with two attached hydrogens (primary N) is 1. The van der Waals surface area contributed by atoms with Gasteiger partial charge in [0, 0.05) is 12.7 Å². The number of methoxy groups -OCH3 is 2. The van der Waals surface area contributed by atoms with Crippen LogP contribution in [0.3, 0.4) is 0 Å². The van der Waals surface area contributed by atoms with Crippen molar-refractivity contribution in [2.45, 2.75) is 6.54 Å². The van der Waals surface area contributed by atoms with Crippen molar-refractivity contribution < 1.29 is 9.47 Å². The van der Waals surface area contributed by atoms with Gasteiger partial charge in [0.2, 0.25) is 0 Å². The molecule has 0 spiro atoms. The molecule has 0 aliphatic heterocycles. The molecule has 0 saturated carbocycles. The highest BCUT2D eigenvalue weighted by Crippen LogP contribution is 2.28. The van der Waals surface area contributed by atoms with Crippen molar-refractivity contribution in [3.05, 3.63) is 47.8 Å². The van der Waals surface area contributed by atoms with Crippen molar-refractivity contribution in [3.8, 4) is 11.5 Å². The predicted molar refractivity (Wildman–Crippen MR) is 79.0 cm³/mol. The van der Waals surface area contributed by atoms with Crippen LogP contribution < -0.4 is 15.2 Å².